The lowest BCUT2D eigenvalue weighted by molar-refractivity contribution is 0.603. The van der Waals surface area contributed by atoms with Gasteiger partial charge in [0.05, 0.1) is 5.39 Å². The van der Waals surface area contributed by atoms with Crippen molar-refractivity contribution in [3.8, 4) is 11.1 Å². The van der Waals surface area contributed by atoms with Crippen LogP contribution in [0.25, 0.3) is 22.2 Å². The van der Waals surface area contributed by atoms with E-state index in [1.165, 1.54) is 18.5 Å². The van der Waals surface area contributed by atoms with Crippen molar-refractivity contribution in [2.45, 2.75) is 0 Å². The molecule has 0 radical (unpaired) electrons. The van der Waals surface area contributed by atoms with Crippen LogP contribution in [0, 0.1) is 5.82 Å². The topological polar surface area (TPSA) is 38.9 Å². The molecule has 2 aromatic heterocycles. The molecule has 17 heavy (non-hydrogen) atoms. The number of furan rings is 1. The molecule has 3 rings (SSSR count). The third kappa shape index (κ3) is 1.66. The molecule has 3 aromatic rings. The second-order valence-electron chi connectivity index (χ2n) is 3.50. The van der Waals surface area contributed by atoms with Gasteiger partial charge >= 0.3 is 0 Å². The van der Waals surface area contributed by atoms with Crippen molar-refractivity contribution in [1.82, 2.24) is 9.97 Å². The molecular weight excluding hydrogens is 243 g/mol. The largest absolute Gasteiger partial charge is 0.445 e. The van der Waals surface area contributed by atoms with E-state index in [9.17, 15) is 4.39 Å². The van der Waals surface area contributed by atoms with Crippen LogP contribution in [0.5, 0.6) is 0 Å². The highest BCUT2D eigenvalue weighted by atomic mass is 35.5. The predicted octanol–water partition coefficient (Wildman–Crippen LogP) is 3.68. The van der Waals surface area contributed by atoms with Gasteiger partial charge in [-0.05, 0) is 17.7 Å². The molecule has 0 amide bonds. The van der Waals surface area contributed by atoms with E-state index >= 15 is 0 Å². The van der Waals surface area contributed by atoms with Crippen LogP contribution in [0.2, 0.25) is 5.15 Å². The van der Waals surface area contributed by atoms with Crippen LogP contribution in [0.4, 0.5) is 4.39 Å². The zero-order valence-electron chi connectivity index (χ0n) is 8.52. The maximum absolute atomic E-state index is 12.8. The van der Waals surface area contributed by atoms with Gasteiger partial charge in [0.15, 0.2) is 0 Å². The number of benzene rings is 1. The van der Waals surface area contributed by atoms with Crippen LogP contribution in [0.15, 0.2) is 41.3 Å². The zero-order valence-corrected chi connectivity index (χ0v) is 9.28. The number of fused-ring (bicyclic) bond motifs is 1. The lowest BCUT2D eigenvalue weighted by Crippen LogP contribution is -1.82. The molecule has 3 nitrogen and oxygen atoms in total. The Bertz CT molecular complexity index is 679. The summed E-state index contributed by atoms with van der Waals surface area (Å²) in [7, 11) is 0. The highest BCUT2D eigenvalue weighted by molar-refractivity contribution is 6.35. The van der Waals surface area contributed by atoms with E-state index in [1.54, 1.807) is 18.4 Å². The molecule has 0 N–H and O–H groups in total. The van der Waals surface area contributed by atoms with Gasteiger partial charge in [0, 0.05) is 5.56 Å². The first-order chi connectivity index (χ1) is 8.25. The summed E-state index contributed by atoms with van der Waals surface area (Å²) in [6.45, 7) is 0. The number of hydrogen-bond acceptors (Lipinski definition) is 3. The number of aromatic nitrogens is 2. The molecular formula is C12H6ClFN2O. The second kappa shape index (κ2) is 3.82. The highest BCUT2D eigenvalue weighted by Gasteiger charge is 2.13. The van der Waals surface area contributed by atoms with E-state index in [4.69, 9.17) is 16.0 Å². The SMILES string of the molecule is Fc1ccc(-c2coc3ncnc(Cl)c23)cc1. The summed E-state index contributed by atoms with van der Waals surface area (Å²) in [4.78, 5) is 7.87. The zero-order chi connectivity index (χ0) is 11.8. The molecule has 0 aliphatic heterocycles. The lowest BCUT2D eigenvalue weighted by atomic mass is 10.1. The van der Waals surface area contributed by atoms with Gasteiger partial charge in [-0.3, -0.25) is 0 Å². The maximum Gasteiger partial charge on any atom is 0.231 e. The van der Waals surface area contributed by atoms with Crippen molar-refractivity contribution in [2.24, 2.45) is 0 Å². The van der Waals surface area contributed by atoms with E-state index in [0.717, 1.165) is 11.1 Å². The van der Waals surface area contributed by atoms with Gasteiger partial charge in [-0.2, -0.15) is 0 Å². The van der Waals surface area contributed by atoms with Crippen LogP contribution in [0.3, 0.4) is 0 Å². The number of halogens is 2. The fourth-order valence-corrected chi connectivity index (χ4v) is 1.91. The van der Waals surface area contributed by atoms with E-state index in [2.05, 4.69) is 9.97 Å². The smallest absolute Gasteiger partial charge is 0.231 e. The summed E-state index contributed by atoms with van der Waals surface area (Å²) in [5.41, 5.74) is 1.98. The minimum Gasteiger partial charge on any atom is -0.445 e. The Balaban J connectivity index is 2.27. The molecule has 1 aromatic carbocycles. The van der Waals surface area contributed by atoms with E-state index in [-0.39, 0.29) is 5.82 Å². The van der Waals surface area contributed by atoms with Crippen molar-refractivity contribution in [2.75, 3.05) is 0 Å². The molecule has 0 bridgehead atoms. The first kappa shape index (κ1) is 10.2. The van der Waals surface area contributed by atoms with Crippen molar-refractivity contribution in [1.29, 1.82) is 0 Å². The molecule has 2 heterocycles. The molecule has 0 atom stereocenters. The van der Waals surface area contributed by atoms with Gasteiger partial charge < -0.3 is 4.42 Å². The van der Waals surface area contributed by atoms with Crippen LogP contribution in [0.1, 0.15) is 0 Å². The lowest BCUT2D eigenvalue weighted by Gasteiger charge is -1.98. The van der Waals surface area contributed by atoms with Crippen LogP contribution in [-0.4, -0.2) is 9.97 Å². The molecule has 0 saturated carbocycles. The first-order valence-electron chi connectivity index (χ1n) is 4.89. The van der Waals surface area contributed by atoms with Gasteiger partial charge in [-0.15, -0.1) is 0 Å². The summed E-state index contributed by atoms with van der Waals surface area (Å²) >= 11 is 6.00. The maximum atomic E-state index is 12.8. The molecule has 0 aliphatic rings. The summed E-state index contributed by atoms with van der Waals surface area (Å²) in [5.74, 6) is -0.288. The summed E-state index contributed by atoms with van der Waals surface area (Å²) in [5, 5.41) is 0.962. The molecule has 5 heteroatoms. The van der Waals surface area contributed by atoms with E-state index in [1.807, 2.05) is 0 Å². The van der Waals surface area contributed by atoms with Crippen molar-refractivity contribution in [3.05, 3.63) is 47.8 Å². The third-order valence-electron chi connectivity index (χ3n) is 2.48. The van der Waals surface area contributed by atoms with Crippen molar-refractivity contribution >= 4 is 22.7 Å². The Labute approximate surface area is 101 Å². The van der Waals surface area contributed by atoms with Gasteiger partial charge in [0.2, 0.25) is 5.71 Å². The Morgan fingerprint density at radius 2 is 1.88 bits per heavy atom. The minimum absolute atomic E-state index is 0.288. The van der Waals surface area contributed by atoms with Gasteiger partial charge in [0.25, 0.3) is 0 Å². The molecule has 0 fully saturated rings. The van der Waals surface area contributed by atoms with Crippen LogP contribution in [-0.2, 0) is 0 Å². The minimum atomic E-state index is -0.288. The average Bonchev–Trinajstić information content (AvgIpc) is 2.75. The predicted molar refractivity (Wildman–Crippen MR) is 62.2 cm³/mol. The van der Waals surface area contributed by atoms with Gasteiger partial charge in [-0.25, -0.2) is 14.4 Å². The number of rotatable bonds is 1. The highest BCUT2D eigenvalue weighted by Crippen LogP contribution is 2.33. The Kier molecular flexibility index (Phi) is 2.30. The number of nitrogens with zero attached hydrogens (tertiary/aromatic N) is 2. The van der Waals surface area contributed by atoms with Gasteiger partial charge in [0.1, 0.15) is 23.6 Å². The molecule has 0 saturated heterocycles. The Morgan fingerprint density at radius 1 is 1.12 bits per heavy atom. The van der Waals surface area contributed by atoms with E-state index < -0.39 is 0 Å². The average molecular weight is 249 g/mol. The molecule has 84 valence electrons. The Morgan fingerprint density at radius 3 is 2.65 bits per heavy atom. The summed E-state index contributed by atoms with van der Waals surface area (Å²) < 4.78 is 18.1. The third-order valence-corrected chi connectivity index (χ3v) is 2.77. The van der Waals surface area contributed by atoms with Crippen LogP contribution >= 0.6 is 11.6 Å². The Hall–Kier alpha value is -1.94. The fraction of sp³-hybridized carbons (Fsp3) is 0. The normalized spacial score (nSPS) is 10.9. The molecule has 0 unspecified atom stereocenters. The number of hydrogen-bond donors (Lipinski definition) is 0. The van der Waals surface area contributed by atoms with Crippen molar-refractivity contribution in [3.63, 3.8) is 0 Å². The van der Waals surface area contributed by atoms with Crippen molar-refractivity contribution < 1.29 is 8.81 Å². The first-order valence-corrected chi connectivity index (χ1v) is 5.27. The summed E-state index contributed by atoms with van der Waals surface area (Å²) in [6, 6.07) is 6.07. The molecule has 0 spiro atoms. The second-order valence-corrected chi connectivity index (χ2v) is 3.86. The van der Waals surface area contributed by atoms with Crippen LogP contribution < -0.4 is 0 Å². The van der Waals surface area contributed by atoms with E-state index in [0.29, 0.717) is 16.3 Å². The van der Waals surface area contributed by atoms with Gasteiger partial charge in [-0.1, -0.05) is 23.7 Å². The fourth-order valence-electron chi connectivity index (χ4n) is 1.68. The standard InChI is InChI=1S/C12H6ClFN2O/c13-11-10-9(5-17-12(10)16-6-15-11)7-1-3-8(14)4-2-7/h1-6H. The monoisotopic (exact) mass is 248 g/mol. The summed E-state index contributed by atoms with van der Waals surface area (Å²) in [6.07, 6.45) is 2.88. The molecule has 0 aliphatic carbocycles. The quantitative estimate of drug-likeness (QED) is 0.617.